The topological polar surface area (TPSA) is 59.6 Å². The summed E-state index contributed by atoms with van der Waals surface area (Å²) in [6.07, 6.45) is 0. The van der Waals surface area contributed by atoms with E-state index in [0.717, 1.165) is 6.07 Å². The molecule has 98 valence electrons. The minimum atomic E-state index is -0.901. The predicted octanol–water partition coefficient (Wildman–Crippen LogP) is 3.32. The van der Waals surface area contributed by atoms with Crippen molar-refractivity contribution in [2.45, 2.75) is 6.54 Å². The molecule has 0 amide bonds. The van der Waals surface area contributed by atoms with Crippen molar-refractivity contribution in [2.24, 2.45) is 0 Å². The van der Waals surface area contributed by atoms with Crippen LogP contribution >= 0.6 is 0 Å². The summed E-state index contributed by atoms with van der Waals surface area (Å²) in [6, 6.07) is 12.4. The maximum absolute atomic E-state index is 13.5. The number of rotatable bonds is 3. The molecular weight excluding hydrogens is 260 g/mol. The van der Waals surface area contributed by atoms with Gasteiger partial charge in [-0.15, -0.1) is 0 Å². The zero-order chi connectivity index (χ0) is 14.5. The van der Waals surface area contributed by atoms with E-state index < -0.39 is 11.6 Å². The number of hydrogen-bond donors (Lipinski definition) is 1. The number of halogens is 2. The molecule has 0 saturated carbocycles. The molecule has 2 rings (SSSR count). The van der Waals surface area contributed by atoms with Crippen molar-refractivity contribution >= 4 is 5.69 Å². The van der Waals surface area contributed by atoms with Gasteiger partial charge in [0.2, 0.25) is 0 Å². The first kappa shape index (κ1) is 13.5. The number of hydrogen-bond acceptors (Lipinski definition) is 3. The van der Waals surface area contributed by atoms with Crippen LogP contribution in [0.25, 0.3) is 0 Å². The quantitative estimate of drug-likeness (QED) is 0.929. The first-order valence-corrected chi connectivity index (χ1v) is 5.76. The van der Waals surface area contributed by atoms with Gasteiger partial charge in [0, 0.05) is 17.8 Å². The van der Waals surface area contributed by atoms with Crippen molar-refractivity contribution < 1.29 is 8.78 Å². The minimum absolute atomic E-state index is 0.0837. The third-order valence-electron chi connectivity index (χ3n) is 2.78. The van der Waals surface area contributed by atoms with E-state index in [4.69, 9.17) is 10.5 Å². The van der Waals surface area contributed by atoms with Gasteiger partial charge >= 0.3 is 0 Å². The SMILES string of the molecule is N#Cc1ccc(NCc2cccc(F)c2F)cc1C#N. The van der Waals surface area contributed by atoms with Crippen LogP contribution < -0.4 is 5.32 Å². The highest BCUT2D eigenvalue weighted by molar-refractivity contribution is 5.56. The van der Waals surface area contributed by atoms with Gasteiger partial charge in [-0.2, -0.15) is 10.5 Å². The summed E-state index contributed by atoms with van der Waals surface area (Å²) in [4.78, 5) is 0. The van der Waals surface area contributed by atoms with Crippen LogP contribution in [0.1, 0.15) is 16.7 Å². The molecule has 0 radical (unpaired) electrons. The minimum Gasteiger partial charge on any atom is -0.381 e. The van der Waals surface area contributed by atoms with E-state index in [9.17, 15) is 8.78 Å². The fourth-order valence-corrected chi connectivity index (χ4v) is 1.73. The normalized spacial score (nSPS) is 9.60. The molecule has 0 bridgehead atoms. The Hall–Kier alpha value is -2.92. The van der Waals surface area contributed by atoms with Crippen molar-refractivity contribution in [1.29, 1.82) is 10.5 Å². The molecule has 0 aliphatic heterocycles. The molecule has 2 aromatic rings. The second kappa shape index (κ2) is 5.81. The maximum atomic E-state index is 13.5. The van der Waals surface area contributed by atoms with Crippen molar-refractivity contribution in [2.75, 3.05) is 5.32 Å². The van der Waals surface area contributed by atoms with Crippen LogP contribution in [-0.2, 0) is 6.54 Å². The molecule has 0 spiro atoms. The van der Waals surface area contributed by atoms with E-state index in [1.807, 2.05) is 12.1 Å². The summed E-state index contributed by atoms with van der Waals surface area (Å²) in [5, 5.41) is 20.6. The third kappa shape index (κ3) is 2.73. The predicted molar refractivity (Wildman–Crippen MR) is 69.6 cm³/mol. The molecule has 0 atom stereocenters. The lowest BCUT2D eigenvalue weighted by Gasteiger charge is -2.08. The van der Waals surface area contributed by atoms with Gasteiger partial charge in [-0.25, -0.2) is 8.78 Å². The Morgan fingerprint density at radius 2 is 1.75 bits per heavy atom. The lowest BCUT2D eigenvalue weighted by molar-refractivity contribution is 0.500. The highest BCUT2D eigenvalue weighted by Crippen LogP contribution is 2.17. The van der Waals surface area contributed by atoms with Gasteiger partial charge in [-0.1, -0.05) is 12.1 Å². The van der Waals surface area contributed by atoms with Gasteiger partial charge in [0.25, 0.3) is 0 Å². The molecule has 0 aromatic heterocycles. The first-order valence-electron chi connectivity index (χ1n) is 5.76. The van der Waals surface area contributed by atoms with Crippen LogP contribution in [0.2, 0.25) is 0 Å². The van der Waals surface area contributed by atoms with Crippen molar-refractivity contribution in [3.63, 3.8) is 0 Å². The fraction of sp³-hybridized carbons (Fsp3) is 0.0667. The summed E-state index contributed by atoms with van der Waals surface area (Å²) >= 11 is 0. The molecule has 0 fully saturated rings. The number of benzene rings is 2. The molecule has 0 aliphatic rings. The third-order valence-corrected chi connectivity index (χ3v) is 2.78. The van der Waals surface area contributed by atoms with Crippen LogP contribution in [0.15, 0.2) is 36.4 Å². The van der Waals surface area contributed by atoms with Crippen molar-refractivity contribution in [1.82, 2.24) is 0 Å². The average molecular weight is 269 g/mol. The molecule has 1 N–H and O–H groups in total. The van der Waals surface area contributed by atoms with Crippen molar-refractivity contribution in [3.05, 3.63) is 64.7 Å². The summed E-state index contributed by atoms with van der Waals surface area (Å²) in [5.41, 5.74) is 1.25. The van der Waals surface area contributed by atoms with Gasteiger partial charge in [-0.3, -0.25) is 0 Å². The lowest BCUT2D eigenvalue weighted by atomic mass is 10.1. The monoisotopic (exact) mass is 269 g/mol. The average Bonchev–Trinajstić information content (AvgIpc) is 2.48. The van der Waals surface area contributed by atoms with Gasteiger partial charge in [0.05, 0.1) is 11.1 Å². The van der Waals surface area contributed by atoms with E-state index in [2.05, 4.69) is 5.32 Å². The zero-order valence-electron chi connectivity index (χ0n) is 10.3. The Balaban J connectivity index is 2.18. The van der Waals surface area contributed by atoms with Crippen LogP contribution in [0.5, 0.6) is 0 Å². The largest absolute Gasteiger partial charge is 0.381 e. The lowest BCUT2D eigenvalue weighted by Crippen LogP contribution is -2.03. The Morgan fingerprint density at radius 1 is 1.00 bits per heavy atom. The first-order chi connectivity index (χ1) is 9.65. The maximum Gasteiger partial charge on any atom is 0.163 e. The number of anilines is 1. The summed E-state index contributed by atoms with van der Waals surface area (Å²) in [6.45, 7) is 0.0837. The van der Waals surface area contributed by atoms with E-state index in [0.29, 0.717) is 5.69 Å². The van der Waals surface area contributed by atoms with Crippen LogP contribution in [0.3, 0.4) is 0 Å². The number of nitrogens with one attached hydrogen (secondary N) is 1. The number of nitriles is 2. The molecule has 20 heavy (non-hydrogen) atoms. The second-order valence-electron chi connectivity index (χ2n) is 4.05. The smallest absolute Gasteiger partial charge is 0.163 e. The second-order valence-corrected chi connectivity index (χ2v) is 4.05. The Labute approximate surface area is 114 Å². The van der Waals surface area contributed by atoms with Crippen LogP contribution in [0.4, 0.5) is 14.5 Å². The van der Waals surface area contributed by atoms with Gasteiger partial charge in [-0.05, 0) is 24.3 Å². The summed E-state index contributed by atoms with van der Waals surface area (Å²) in [5.74, 6) is -1.80. The standard InChI is InChI=1S/C15H9F2N3/c16-14-3-1-2-11(15(14)17)9-20-13-5-4-10(7-18)12(6-13)8-19/h1-6,20H,9H2. The van der Waals surface area contributed by atoms with E-state index in [1.165, 1.54) is 24.3 Å². The Morgan fingerprint density at radius 3 is 2.45 bits per heavy atom. The Bertz CT molecular complexity index is 727. The van der Waals surface area contributed by atoms with Gasteiger partial charge in [0.1, 0.15) is 12.1 Å². The van der Waals surface area contributed by atoms with E-state index in [1.54, 1.807) is 6.07 Å². The highest BCUT2D eigenvalue weighted by Gasteiger charge is 2.08. The van der Waals surface area contributed by atoms with E-state index in [-0.39, 0.29) is 23.2 Å². The molecule has 2 aromatic carbocycles. The molecule has 0 unspecified atom stereocenters. The highest BCUT2D eigenvalue weighted by atomic mass is 19.2. The molecule has 0 aliphatic carbocycles. The molecule has 0 heterocycles. The van der Waals surface area contributed by atoms with E-state index >= 15 is 0 Å². The summed E-state index contributed by atoms with van der Waals surface area (Å²) in [7, 11) is 0. The molecular formula is C15H9F2N3. The van der Waals surface area contributed by atoms with Gasteiger partial charge in [0.15, 0.2) is 11.6 Å². The molecule has 5 heteroatoms. The zero-order valence-corrected chi connectivity index (χ0v) is 10.3. The fourth-order valence-electron chi connectivity index (χ4n) is 1.73. The Kier molecular flexibility index (Phi) is 3.93. The number of nitrogens with zero attached hydrogens (tertiary/aromatic N) is 2. The van der Waals surface area contributed by atoms with Gasteiger partial charge < -0.3 is 5.32 Å². The van der Waals surface area contributed by atoms with Crippen molar-refractivity contribution in [3.8, 4) is 12.1 Å². The van der Waals surface area contributed by atoms with Crippen LogP contribution in [0, 0.1) is 34.3 Å². The molecule has 0 saturated heterocycles. The molecule has 3 nitrogen and oxygen atoms in total. The van der Waals surface area contributed by atoms with Crippen LogP contribution in [-0.4, -0.2) is 0 Å². The summed E-state index contributed by atoms with van der Waals surface area (Å²) < 4.78 is 26.5.